The molecule has 3 aromatic rings. The van der Waals surface area contributed by atoms with E-state index < -0.39 is 5.60 Å². The second-order valence-corrected chi connectivity index (χ2v) is 9.41. The lowest BCUT2D eigenvalue weighted by Gasteiger charge is -2.38. The van der Waals surface area contributed by atoms with Gasteiger partial charge in [0, 0.05) is 48.4 Å². The molecule has 2 aliphatic rings. The van der Waals surface area contributed by atoms with E-state index in [0.29, 0.717) is 23.7 Å². The van der Waals surface area contributed by atoms with Gasteiger partial charge in [-0.1, -0.05) is 35.9 Å². The maximum Gasteiger partial charge on any atom is 0.226 e. The molecule has 1 fully saturated rings. The first-order valence-corrected chi connectivity index (χ1v) is 12.1. The molecule has 0 saturated carbocycles. The summed E-state index contributed by atoms with van der Waals surface area (Å²) in [6, 6.07) is 17.5. The van der Waals surface area contributed by atoms with Crippen LogP contribution in [0.1, 0.15) is 36.0 Å². The average Bonchev–Trinajstić information content (AvgIpc) is 3.02. The third-order valence-corrected chi connectivity index (χ3v) is 7.12. The number of ether oxygens (including phenoxy) is 2. The van der Waals surface area contributed by atoms with E-state index in [4.69, 9.17) is 21.1 Å². The number of allylic oxidation sites excluding steroid dienone is 1. The molecule has 1 saturated heterocycles. The highest BCUT2D eigenvalue weighted by molar-refractivity contribution is 6.30. The molecule has 34 heavy (non-hydrogen) atoms. The molecule has 1 aromatic heterocycles. The summed E-state index contributed by atoms with van der Waals surface area (Å²) in [5, 5.41) is 11.8. The molecule has 0 spiro atoms. The molecule has 6 heteroatoms. The third kappa shape index (κ3) is 4.69. The highest BCUT2D eigenvalue weighted by atomic mass is 35.5. The topological polar surface area (TPSA) is 54.8 Å². The summed E-state index contributed by atoms with van der Waals surface area (Å²) in [5.41, 5.74) is 3.37. The number of benzene rings is 2. The lowest BCUT2D eigenvalue weighted by Crippen LogP contribution is -2.42. The number of fused-ring (bicyclic) bond motifs is 2. The molecule has 0 radical (unpaired) electrons. The Balaban J connectivity index is 1.29. The van der Waals surface area contributed by atoms with Crippen molar-refractivity contribution in [2.75, 3.05) is 26.7 Å². The van der Waals surface area contributed by atoms with E-state index in [0.717, 1.165) is 60.7 Å². The van der Waals surface area contributed by atoms with Crippen molar-refractivity contribution in [1.82, 2.24) is 9.88 Å². The van der Waals surface area contributed by atoms with Gasteiger partial charge in [0.15, 0.2) is 0 Å². The average molecular weight is 477 g/mol. The van der Waals surface area contributed by atoms with Gasteiger partial charge in [0.05, 0.1) is 12.7 Å². The number of aliphatic hydroxyl groups is 1. The highest BCUT2D eigenvalue weighted by Gasteiger charge is 2.33. The zero-order chi connectivity index (χ0) is 23.5. The SMILES string of the molecule is COc1cccc2c1CC(=CCCN1CCC(O)(c3cccc(Cl)c3)CC1)c1cccnc1O2. The van der Waals surface area contributed by atoms with Crippen LogP contribution in [-0.4, -0.2) is 41.7 Å². The zero-order valence-electron chi connectivity index (χ0n) is 19.3. The first kappa shape index (κ1) is 22.9. The van der Waals surface area contributed by atoms with E-state index in [9.17, 15) is 5.11 Å². The Bertz CT molecular complexity index is 1200. The smallest absolute Gasteiger partial charge is 0.226 e. The molecular weight excluding hydrogens is 448 g/mol. The van der Waals surface area contributed by atoms with Gasteiger partial charge in [0.25, 0.3) is 0 Å². The van der Waals surface area contributed by atoms with Crippen molar-refractivity contribution in [2.45, 2.75) is 31.3 Å². The number of hydrogen-bond acceptors (Lipinski definition) is 5. The number of likely N-dealkylation sites (tertiary alicyclic amines) is 1. The van der Waals surface area contributed by atoms with Crippen molar-refractivity contribution in [2.24, 2.45) is 0 Å². The molecule has 0 unspecified atom stereocenters. The molecule has 2 aliphatic heterocycles. The number of aromatic nitrogens is 1. The van der Waals surface area contributed by atoms with Crippen LogP contribution < -0.4 is 9.47 Å². The Morgan fingerprint density at radius 3 is 2.76 bits per heavy atom. The number of rotatable bonds is 5. The van der Waals surface area contributed by atoms with Gasteiger partial charge in [-0.2, -0.15) is 0 Å². The van der Waals surface area contributed by atoms with Crippen molar-refractivity contribution >= 4 is 17.2 Å². The molecule has 5 rings (SSSR count). The van der Waals surface area contributed by atoms with Crippen LogP contribution in [0.25, 0.3) is 5.57 Å². The van der Waals surface area contributed by atoms with E-state index in [1.165, 1.54) is 5.57 Å². The van der Waals surface area contributed by atoms with Gasteiger partial charge in [-0.3, -0.25) is 0 Å². The number of hydrogen-bond donors (Lipinski definition) is 1. The molecule has 5 nitrogen and oxygen atoms in total. The van der Waals surface area contributed by atoms with Crippen LogP contribution in [0.15, 0.2) is 66.9 Å². The number of methoxy groups -OCH3 is 1. The third-order valence-electron chi connectivity index (χ3n) is 6.88. The van der Waals surface area contributed by atoms with Gasteiger partial charge in [-0.25, -0.2) is 4.98 Å². The van der Waals surface area contributed by atoms with Gasteiger partial charge >= 0.3 is 0 Å². The van der Waals surface area contributed by atoms with Crippen molar-refractivity contribution in [3.63, 3.8) is 0 Å². The van der Waals surface area contributed by atoms with Crippen LogP contribution in [0, 0.1) is 0 Å². The van der Waals surface area contributed by atoms with Crippen LogP contribution in [0.2, 0.25) is 5.02 Å². The van der Waals surface area contributed by atoms with Gasteiger partial charge in [0.1, 0.15) is 11.5 Å². The molecule has 0 amide bonds. The van der Waals surface area contributed by atoms with E-state index in [2.05, 4.69) is 22.0 Å². The van der Waals surface area contributed by atoms with Crippen LogP contribution in [-0.2, 0) is 12.0 Å². The molecule has 2 aromatic carbocycles. The Labute approximate surface area is 205 Å². The van der Waals surface area contributed by atoms with Crippen LogP contribution in [0.3, 0.4) is 0 Å². The molecule has 176 valence electrons. The molecule has 0 aliphatic carbocycles. The van der Waals surface area contributed by atoms with Crippen molar-refractivity contribution in [3.8, 4) is 17.4 Å². The maximum atomic E-state index is 11.2. The summed E-state index contributed by atoms with van der Waals surface area (Å²) in [4.78, 5) is 6.90. The minimum Gasteiger partial charge on any atom is -0.496 e. The fraction of sp³-hybridized carbons (Fsp3) is 0.321. The fourth-order valence-corrected chi connectivity index (χ4v) is 5.12. The van der Waals surface area contributed by atoms with Gasteiger partial charge in [-0.05, 0) is 66.8 Å². The van der Waals surface area contributed by atoms with Crippen molar-refractivity contribution in [1.29, 1.82) is 0 Å². The first-order valence-electron chi connectivity index (χ1n) is 11.7. The standard InChI is InChI=1S/C28H29ClN2O3/c1-33-25-10-3-11-26-24(25)18-20(23-9-4-14-30-27(23)34-26)6-5-15-31-16-12-28(32,13-17-31)21-7-2-8-22(29)19-21/h2-4,6-11,14,19,32H,5,12-13,15-18H2,1H3. The van der Waals surface area contributed by atoms with Crippen molar-refractivity contribution < 1.29 is 14.6 Å². The summed E-state index contributed by atoms with van der Waals surface area (Å²) >= 11 is 6.15. The molecule has 0 bridgehead atoms. The van der Waals surface area contributed by atoms with Gasteiger partial charge in [-0.15, -0.1) is 0 Å². The summed E-state index contributed by atoms with van der Waals surface area (Å²) in [7, 11) is 1.69. The minimum atomic E-state index is -0.802. The molecule has 0 atom stereocenters. The van der Waals surface area contributed by atoms with E-state index >= 15 is 0 Å². The van der Waals surface area contributed by atoms with Crippen molar-refractivity contribution in [3.05, 3.63) is 88.6 Å². The lowest BCUT2D eigenvalue weighted by atomic mass is 9.84. The molecular formula is C28H29ClN2O3. The highest BCUT2D eigenvalue weighted by Crippen LogP contribution is 2.41. The Kier molecular flexibility index (Phi) is 6.59. The number of halogens is 1. The van der Waals surface area contributed by atoms with Gasteiger partial charge < -0.3 is 19.5 Å². The summed E-state index contributed by atoms with van der Waals surface area (Å²) < 4.78 is 11.8. The number of piperidine rings is 1. The van der Waals surface area contributed by atoms with Crippen LogP contribution >= 0.6 is 11.6 Å². The predicted octanol–water partition coefficient (Wildman–Crippen LogP) is 5.85. The summed E-state index contributed by atoms with van der Waals surface area (Å²) in [5.74, 6) is 2.25. The minimum absolute atomic E-state index is 0.630. The summed E-state index contributed by atoms with van der Waals surface area (Å²) in [6.45, 7) is 2.64. The predicted molar refractivity (Wildman–Crippen MR) is 135 cm³/mol. The van der Waals surface area contributed by atoms with E-state index in [-0.39, 0.29) is 0 Å². The molecule has 3 heterocycles. The van der Waals surface area contributed by atoms with Crippen LogP contribution in [0.5, 0.6) is 17.4 Å². The van der Waals surface area contributed by atoms with Crippen LogP contribution in [0.4, 0.5) is 0 Å². The number of nitrogens with zero attached hydrogens (tertiary/aromatic N) is 2. The van der Waals surface area contributed by atoms with Gasteiger partial charge in [0.2, 0.25) is 5.88 Å². The normalized spacial score (nSPS) is 18.5. The monoisotopic (exact) mass is 476 g/mol. The maximum absolute atomic E-state index is 11.2. The Morgan fingerprint density at radius 1 is 1.15 bits per heavy atom. The lowest BCUT2D eigenvalue weighted by molar-refractivity contribution is -0.0254. The second-order valence-electron chi connectivity index (χ2n) is 8.97. The van der Waals surface area contributed by atoms with E-state index in [1.54, 1.807) is 13.3 Å². The fourth-order valence-electron chi connectivity index (χ4n) is 4.93. The first-order chi connectivity index (χ1) is 16.6. The quantitative estimate of drug-likeness (QED) is 0.500. The summed E-state index contributed by atoms with van der Waals surface area (Å²) in [6.07, 6.45) is 7.10. The molecule has 1 N–H and O–H groups in total. The zero-order valence-corrected chi connectivity index (χ0v) is 20.1. The number of pyridine rings is 1. The Hall–Kier alpha value is -2.86. The Morgan fingerprint density at radius 2 is 1.97 bits per heavy atom. The van der Waals surface area contributed by atoms with E-state index in [1.807, 2.05) is 48.5 Å². The second kappa shape index (κ2) is 9.79. The largest absolute Gasteiger partial charge is 0.496 e.